The second-order valence-electron chi connectivity index (χ2n) is 7.81. The monoisotopic (exact) mass is 400 g/mol. The Morgan fingerprint density at radius 3 is 2.18 bits per heavy atom. The maximum absolute atomic E-state index is 13.0. The highest BCUT2D eigenvalue weighted by molar-refractivity contribution is 7.89. The molecule has 2 aromatic carbocycles. The summed E-state index contributed by atoms with van der Waals surface area (Å²) in [6.45, 7) is 2.12. The van der Waals surface area contributed by atoms with E-state index in [-0.39, 0.29) is 5.75 Å². The van der Waals surface area contributed by atoms with Crippen LogP contribution in [0.25, 0.3) is 0 Å². The van der Waals surface area contributed by atoms with Gasteiger partial charge in [0.1, 0.15) is 5.75 Å². The summed E-state index contributed by atoms with van der Waals surface area (Å²) in [6.07, 6.45) is 6.28. The van der Waals surface area contributed by atoms with Crippen molar-refractivity contribution >= 4 is 15.7 Å². The van der Waals surface area contributed by atoms with Gasteiger partial charge in [-0.1, -0.05) is 37.5 Å². The lowest BCUT2D eigenvalue weighted by Gasteiger charge is -2.35. The predicted molar refractivity (Wildman–Crippen MR) is 111 cm³/mol. The number of nitrogens with zero attached hydrogens (tertiary/aromatic N) is 2. The highest BCUT2D eigenvalue weighted by Gasteiger charge is 2.29. The fourth-order valence-electron chi connectivity index (χ4n) is 4.37. The number of hydrogen-bond donors (Lipinski definition) is 1. The summed E-state index contributed by atoms with van der Waals surface area (Å²) >= 11 is 0. The van der Waals surface area contributed by atoms with Crippen molar-refractivity contribution in [2.24, 2.45) is 0 Å². The van der Waals surface area contributed by atoms with Crippen molar-refractivity contribution < 1.29 is 13.5 Å². The molecule has 1 heterocycles. The summed E-state index contributed by atoms with van der Waals surface area (Å²) in [6, 6.07) is 14.7. The molecule has 0 aromatic heterocycles. The SMILES string of the molecule is O=S(=O)(c1ccc(C2CCCCC2)cc1)N1CCN(c2cccc(O)c2)CC1. The molecule has 0 atom stereocenters. The predicted octanol–water partition coefficient (Wildman–Crippen LogP) is 3.95. The molecule has 150 valence electrons. The topological polar surface area (TPSA) is 60.9 Å². The second kappa shape index (κ2) is 8.13. The summed E-state index contributed by atoms with van der Waals surface area (Å²) in [7, 11) is -3.47. The summed E-state index contributed by atoms with van der Waals surface area (Å²) in [5.41, 5.74) is 2.20. The maximum Gasteiger partial charge on any atom is 0.243 e. The first-order valence-corrected chi connectivity index (χ1v) is 11.6. The van der Waals surface area contributed by atoms with Gasteiger partial charge in [-0.15, -0.1) is 0 Å². The zero-order valence-corrected chi connectivity index (χ0v) is 16.9. The summed E-state index contributed by atoms with van der Waals surface area (Å²) in [4.78, 5) is 2.50. The lowest BCUT2D eigenvalue weighted by Crippen LogP contribution is -2.48. The van der Waals surface area contributed by atoms with Crippen LogP contribution in [0.3, 0.4) is 0 Å². The Hall–Kier alpha value is -2.05. The minimum atomic E-state index is -3.47. The molecule has 4 rings (SSSR count). The molecule has 28 heavy (non-hydrogen) atoms. The molecule has 2 aromatic rings. The molecule has 6 heteroatoms. The number of piperazine rings is 1. The third-order valence-electron chi connectivity index (χ3n) is 6.03. The van der Waals surface area contributed by atoms with Crippen LogP contribution in [0.4, 0.5) is 5.69 Å². The van der Waals surface area contributed by atoms with Crippen LogP contribution >= 0.6 is 0 Å². The average molecular weight is 401 g/mol. The van der Waals surface area contributed by atoms with E-state index < -0.39 is 10.0 Å². The summed E-state index contributed by atoms with van der Waals surface area (Å²) in [5.74, 6) is 0.807. The third-order valence-corrected chi connectivity index (χ3v) is 7.94. The van der Waals surface area contributed by atoms with Crippen molar-refractivity contribution in [3.05, 3.63) is 54.1 Å². The number of aromatic hydroxyl groups is 1. The van der Waals surface area contributed by atoms with E-state index in [1.54, 1.807) is 28.6 Å². The highest BCUT2D eigenvalue weighted by Crippen LogP contribution is 2.33. The van der Waals surface area contributed by atoms with Gasteiger partial charge in [0, 0.05) is 37.9 Å². The van der Waals surface area contributed by atoms with Crippen molar-refractivity contribution in [1.29, 1.82) is 0 Å². The molecule has 1 saturated carbocycles. The van der Waals surface area contributed by atoms with Crippen molar-refractivity contribution in [1.82, 2.24) is 4.31 Å². The second-order valence-corrected chi connectivity index (χ2v) is 9.75. The van der Waals surface area contributed by atoms with E-state index in [9.17, 15) is 13.5 Å². The van der Waals surface area contributed by atoms with Crippen LogP contribution < -0.4 is 4.90 Å². The van der Waals surface area contributed by atoms with Crippen LogP contribution in [0.5, 0.6) is 5.75 Å². The maximum atomic E-state index is 13.0. The fraction of sp³-hybridized carbons (Fsp3) is 0.455. The normalized spacial score (nSPS) is 19.6. The summed E-state index contributed by atoms with van der Waals surface area (Å²) in [5, 5.41) is 9.66. The molecule has 0 radical (unpaired) electrons. The first-order chi connectivity index (χ1) is 13.5. The minimum Gasteiger partial charge on any atom is -0.508 e. The van der Waals surface area contributed by atoms with Gasteiger partial charge < -0.3 is 10.0 Å². The largest absolute Gasteiger partial charge is 0.508 e. The average Bonchev–Trinajstić information content (AvgIpc) is 2.74. The van der Waals surface area contributed by atoms with Gasteiger partial charge in [-0.25, -0.2) is 8.42 Å². The molecule has 0 spiro atoms. The van der Waals surface area contributed by atoms with E-state index in [0.29, 0.717) is 37.0 Å². The van der Waals surface area contributed by atoms with E-state index in [2.05, 4.69) is 4.90 Å². The first-order valence-electron chi connectivity index (χ1n) is 10.2. The number of rotatable bonds is 4. The number of phenols is 1. The lowest BCUT2D eigenvalue weighted by atomic mass is 9.84. The van der Waals surface area contributed by atoms with Gasteiger partial charge in [0.2, 0.25) is 10.0 Å². The van der Waals surface area contributed by atoms with Crippen molar-refractivity contribution in [3.63, 3.8) is 0 Å². The van der Waals surface area contributed by atoms with Crippen LogP contribution in [0, 0.1) is 0 Å². The van der Waals surface area contributed by atoms with E-state index in [1.807, 2.05) is 24.3 Å². The van der Waals surface area contributed by atoms with Gasteiger partial charge in [-0.2, -0.15) is 4.31 Å². The Labute approximate surface area is 167 Å². The van der Waals surface area contributed by atoms with Gasteiger partial charge in [0.25, 0.3) is 0 Å². The van der Waals surface area contributed by atoms with Gasteiger partial charge >= 0.3 is 0 Å². The summed E-state index contributed by atoms with van der Waals surface area (Å²) < 4.78 is 27.7. The number of benzene rings is 2. The number of anilines is 1. The zero-order chi connectivity index (χ0) is 19.6. The van der Waals surface area contributed by atoms with Crippen molar-refractivity contribution in [3.8, 4) is 5.75 Å². The molecule has 1 aliphatic heterocycles. The number of phenolic OH excluding ortho intramolecular Hbond substituents is 1. The highest BCUT2D eigenvalue weighted by atomic mass is 32.2. The number of hydrogen-bond acceptors (Lipinski definition) is 4. The fourth-order valence-corrected chi connectivity index (χ4v) is 5.80. The van der Waals surface area contributed by atoms with Gasteiger partial charge in [-0.3, -0.25) is 0 Å². The van der Waals surface area contributed by atoms with Gasteiger partial charge in [0.05, 0.1) is 4.90 Å². The Morgan fingerprint density at radius 2 is 1.54 bits per heavy atom. The molecule has 2 aliphatic rings. The lowest BCUT2D eigenvalue weighted by molar-refractivity contribution is 0.384. The van der Waals surface area contributed by atoms with E-state index in [1.165, 1.54) is 37.7 Å². The number of sulfonamides is 1. The molecule has 0 unspecified atom stereocenters. The van der Waals surface area contributed by atoms with Gasteiger partial charge in [0.15, 0.2) is 0 Å². The van der Waals surface area contributed by atoms with Crippen molar-refractivity contribution in [2.75, 3.05) is 31.1 Å². The Morgan fingerprint density at radius 1 is 0.857 bits per heavy atom. The van der Waals surface area contributed by atoms with E-state index in [4.69, 9.17) is 0 Å². The van der Waals surface area contributed by atoms with Crippen LogP contribution in [0.2, 0.25) is 0 Å². The first kappa shape index (κ1) is 19.3. The van der Waals surface area contributed by atoms with Crippen LogP contribution in [0.15, 0.2) is 53.4 Å². The standard InChI is InChI=1S/C22H28N2O3S/c25-21-8-4-7-20(17-21)23-13-15-24(16-14-23)28(26,27)22-11-9-19(10-12-22)18-5-2-1-3-6-18/h4,7-12,17-18,25H,1-3,5-6,13-16H2. The smallest absolute Gasteiger partial charge is 0.243 e. The molecule has 0 amide bonds. The third kappa shape index (κ3) is 4.03. The van der Waals surface area contributed by atoms with Crippen LogP contribution in [-0.2, 0) is 10.0 Å². The van der Waals surface area contributed by atoms with E-state index in [0.717, 1.165) is 5.69 Å². The van der Waals surface area contributed by atoms with Crippen LogP contribution in [-0.4, -0.2) is 44.0 Å². The van der Waals surface area contributed by atoms with Crippen LogP contribution in [0.1, 0.15) is 43.6 Å². The Balaban J connectivity index is 1.42. The molecular formula is C22H28N2O3S. The van der Waals surface area contributed by atoms with Crippen molar-refractivity contribution in [2.45, 2.75) is 42.9 Å². The van der Waals surface area contributed by atoms with Gasteiger partial charge in [-0.05, 0) is 48.6 Å². The Bertz CT molecular complexity index is 898. The molecule has 0 bridgehead atoms. The molecule has 1 saturated heterocycles. The zero-order valence-electron chi connectivity index (χ0n) is 16.1. The molecule has 5 nitrogen and oxygen atoms in total. The molecule has 1 aliphatic carbocycles. The quantitative estimate of drug-likeness (QED) is 0.844. The molecule has 2 fully saturated rings. The Kier molecular flexibility index (Phi) is 5.60. The minimum absolute atomic E-state index is 0.227. The van der Waals surface area contributed by atoms with E-state index >= 15 is 0 Å². The molecule has 1 N–H and O–H groups in total. The molecular weight excluding hydrogens is 372 g/mol.